The van der Waals surface area contributed by atoms with Crippen molar-refractivity contribution in [3.8, 4) is 11.5 Å². The van der Waals surface area contributed by atoms with Gasteiger partial charge in [-0.15, -0.1) is 0 Å². The molecule has 0 fully saturated rings. The van der Waals surface area contributed by atoms with E-state index in [4.69, 9.17) is 9.47 Å². The number of aromatic nitrogens is 2. The first-order valence-corrected chi connectivity index (χ1v) is 10.6. The lowest BCUT2D eigenvalue weighted by Crippen LogP contribution is -2.25. The summed E-state index contributed by atoms with van der Waals surface area (Å²) in [5, 5.41) is 4.18. The number of amides is 1. The van der Waals surface area contributed by atoms with Gasteiger partial charge in [0.25, 0.3) is 0 Å². The van der Waals surface area contributed by atoms with E-state index in [2.05, 4.69) is 21.0 Å². The highest BCUT2D eigenvalue weighted by atomic mass is 79.9. The van der Waals surface area contributed by atoms with Crippen LogP contribution >= 0.6 is 15.9 Å². The van der Waals surface area contributed by atoms with E-state index in [-0.39, 0.29) is 5.91 Å². The zero-order valence-corrected chi connectivity index (χ0v) is 19.7. The lowest BCUT2D eigenvalue weighted by molar-refractivity contribution is -0.125. The zero-order chi connectivity index (χ0) is 22.4. The monoisotopic (exact) mass is 483 g/mol. The van der Waals surface area contributed by atoms with E-state index in [1.54, 1.807) is 42.1 Å². The van der Waals surface area contributed by atoms with Gasteiger partial charge in [-0.2, -0.15) is 5.10 Å². The van der Waals surface area contributed by atoms with Gasteiger partial charge >= 0.3 is 0 Å². The topological polar surface area (TPSA) is 56.6 Å². The Bertz CT molecular complexity index is 1070. The Kier molecular flexibility index (Phi) is 7.52. The Morgan fingerprint density at radius 2 is 2.00 bits per heavy atom. The van der Waals surface area contributed by atoms with E-state index in [9.17, 15) is 4.79 Å². The Balaban J connectivity index is 1.69. The lowest BCUT2D eigenvalue weighted by atomic mass is 10.1. The number of carbonyl (C=O) groups is 1. The average molecular weight is 484 g/mol. The molecule has 6 nitrogen and oxygen atoms in total. The van der Waals surface area contributed by atoms with Gasteiger partial charge in [0.1, 0.15) is 18.1 Å². The Hall–Kier alpha value is -3.06. The molecule has 3 aromatic rings. The molecular formula is C24H26BrN3O3. The molecule has 0 aliphatic rings. The minimum Gasteiger partial charge on any atom is -0.496 e. The summed E-state index contributed by atoms with van der Waals surface area (Å²) in [5.74, 6) is 1.49. The second-order valence-electron chi connectivity index (χ2n) is 7.22. The molecule has 0 unspecified atom stereocenters. The number of ether oxygens (including phenoxy) is 2. The number of aryl methyl sites for hydroxylation is 2. The molecule has 162 valence electrons. The molecule has 7 heteroatoms. The molecule has 0 spiro atoms. The van der Waals surface area contributed by atoms with Crippen molar-refractivity contribution < 1.29 is 14.3 Å². The smallest absolute Gasteiger partial charge is 0.246 e. The predicted molar refractivity (Wildman–Crippen MR) is 125 cm³/mol. The van der Waals surface area contributed by atoms with Crippen LogP contribution in [0, 0.1) is 6.92 Å². The third-order valence-electron chi connectivity index (χ3n) is 4.97. The van der Waals surface area contributed by atoms with Crippen molar-refractivity contribution in [2.45, 2.75) is 20.1 Å². The van der Waals surface area contributed by atoms with Crippen LogP contribution in [0.25, 0.3) is 6.08 Å². The summed E-state index contributed by atoms with van der Waals surface area (Å²) in [5.41, 5.74) is 3.82. The molecule has 0 bridgehead atoms. The minimum absolute atomic E-state index is 0.0957. The number of hydrogen-bond acceptors (Lipinski definition) is 4. The van der Waals surface area contributed by atoms with E-state index >= 15 is 0 Å². The third-order valence-corrected chi connectivity index (χ3v) is 5.64. The molecule has 2 aromatic carbocycles. The Morgan fingerprint density at radius 1 is 1.23 bits per heavy atom. The van der Waals surface area contributed by atoms with Gasteiger partial charge < -0.3 is 14.4 Å². The Labute approximate surface area is 191 Å². The number of carbonyl (C=O) groups excluding carboxylic acids is 1. The first-order valence-electron chi connectivity index (χ1n) is 9.84. The third kappa shape index (κ3) is 5.76. The van der Waals surface area contributed by atoms with Crippen molar-refractivity contribution >= 4 is 27.9 Å². The molecule has 0 N–H and O–H groups in total. The molecule has 31 heavy (non-hydrogen) atoms. The van der Waals surface area contributed by atoms with Gasteiger partial charge in [0, 0.05) is 25.7 Å². The van der Waals surface area contributed by atoms with Crippen LogP contribution in [0.4, 0.5) is 0 Å². The van der Waals surface area contributed by atoms with Gasteiger partial charge in [-0.05, 0) is 58.3 Å². The lowest BCUT2D eigenvalue weighted by Gasteiger charge is -2.15. The fourth-order valence-electron chi connectivity index (χ4n) is 3.10. The molecule has 0 aliphatic heterocycles. The predicted octanol–water partition coefficient (Wildman–Crippen LogP) is 4.75. The molecule has 1 aromatic heterocycles. The van der Waals surface area contributed by atoms with Crippen LogP contribution in [0.1, 0.15) is 22.4 Å². The maximum Gasteiger partial charge on any atom is 0.246 e. The van der Waals surface area contributed by atoms with Crippen LogP contribution in [0.5, 0.6) is 11.5 Å². The quantitative estimate of drug-likeness (QED) is 0.433. The standard InChI is InChI=1S/C24H26BrN3O3/c1-17-7-5-6-8-22(17)31-16-19-13-18(9-11-23(19)30-4)10-12-24(29)27(2)15-21-20(25)14-26-28(21)3/h5-14H,15-16H2,1-4H3/b12-10+. The van der Waals surface area contributed by atoms with Crippen LogP contribution in [0.3, 0.4) is 0 Å². The SMILES string of the molecule is COc1ccc(/C=C/C(=O)N(C)Cc2c(Br)cnn2C)cc1COc1ccccc1C. The first kappa shape index (κ1) is 22.6. The fourth-order valence-corrected chi connectivity index (χ4v) is 3.57. The van der Waals surface area contributed by atoms with Gasteiger partial charge in [-0.1, -0.05) is 24.3 Å². The molecule has 0 radical (unpaired) electrons. The summed E-state index contributed by atoms with van der Waals surface area (Å²) in [6.45, 7) is 2.84. The molecule has 0 saturated carbocycles. The van der Waals surface area contributed by atoms with E-state index in [0.29, 0.717) is 13.2 Å². The molecular weight excluding hydrogens is 458 g/mol. The second kappa shape index (κ2) is 10.3. The van der Waals surface area contributed by atoms with Crippen molar-refractivity contribution in [1.82, 2.24) is 14.7 Å². The molecule has 0 aliphatic carbocycles. The summed E-state index contributed by atoms with van der Waals surface area (Å²) in [6, 6.07) is 13.7. The largest absolute Gasteiger partial charge is 0.496 e. The van der Waals surface area contributed by atoms with Gasteiger partial charge in [0.15, 0.2) is 0 Å². The highest BCUT2D eigenvalue weighted by Gasteiger charge is 2.12. The fraction of sp³-hybridized carbons (Fsp3) is 0.250. The number of hydrogen-bond donors (Lipinski definition) is 0. The molecule has 1 heterocycles. The van der Waals surface area contributed by atoms with Crippen molar-refractivity contribution in [3.05, 3.63) is 81.6 Å². The van der Waals surface area contributed by atoms with Gasteiger partial charge in [-0.3, -0.25) is 9.48 Å². The maximum atomic E-state index is 12.6. The first-order chi connectivity index (χ1) is 14.9. The van der Waals surface area contributed by atoms with E-state index in [1.807, 2.05) is 56.4 Å². The second-order valence-corrected chi connectivity index (χ2v) is 8.07. The van der Waals surface area contributed by atoms with Crippen LogP contribution in [0.2, 0.25) is 0 Å². The van der Waals surface area contributed by atoms with Crippen molar-refractivity contribution in [1.29, 1.82) is 0 Å². The van der Waals surface area contributed by atoms with Gasteiger partial charge in [0.05, 0.1) is 30.0 Å². The summed E-state index contributed by atoms with van der Waals surface area (Å²) < 4.78 is 14.1. The van der Waals surface area contributed by atoms with Crippen molar-refractivity contribution in [3.63, 3.8) is 0 Å². The van der Waals surface area contributed by atoms with E-state index in [0.717, 1.165) is 38.4 Å². The summed E-state index contributed by atoms with van der Waals surface area (Å²) in [4.78, 5) is 14.2. The van der Waals surface area contributed by atoms with Crippen LogP contribution in [-0.4, -0.2) is 34.7 Å². The normalized spacial score (nSPS) is 11.0. The molecule has 0 atom stereocenters. The molecule has 0 saturated heterocycles. The van der Waals surface area contributed by atoms with Crippen LogP contribution in [-0.2, 0) is 25.0 Å². The number of methoxy groups -OCH3 is 1. The van der Waals surface area contributed by atoms with Gasteiger partial charge in [0.2, 0.25) is 5.91 Å². The van der Waals surface area contributed by atoms with E-state index in [1.165, 1.54) is 0 Å². The number of nitrogens with zero attached hydrogens (tertiary/aromatic N) is 3. The number of para-hydroxylation sites is 1. The van der Waals surface area contributed by atoms with Crippen LogP contribution < -0.4 is 9.47 Å². The zero-order valence-electron chi connectivity index (χ0n) is 18.1. The average Bonchev–Trinajstić information content (AvgIpc) is 3.08. The number of benzene rings is 2. The van der Waals surface area contributed by atoms with Crippen LogP contribution in [0.15, 0.2) is 59.2 Å². The highest BCUT2D eigenvalue weighted by molar-refractivity contribution is 9.10. The summed E-state index contributed by atoms with van der Waals surface area (Å²) in [6.07, 6.45) is 5.09. The number of rotatable bonds is 8. The Morgan fingerprint density at radius 3 is 2.68 bits per heavy atom. The highest BCUT2D eigenvalue weighted by Crippen LogP contribution is 2.24. The molecule has 1 amide bonds. The molecule has 3 rings (SSSR count). The number of halogens is 1. The van der Waals surface area contributed by atoms with Crippen molar-refractivity contribution in [2.24, 2.45) is 7.05 Å². The van der Waals surface area contributed by atoms with Gasteiger partial charge in [-0.25, -0.2) is 0 Å². The minimum atomic E-state index is -0.0957. The summed E-state index contributed by atoms with van der Waals surface area (Å²) in [7, 11) is 5.25. The maximum absolute atomic E-state index is 12.6. The summed E-state index contributed by atoms with van der Waals surface area (Å²) >= 11 is 3.46. The number of likely N-dealkylation sites (N-methyl/N-ethyl adjacent to an activating group) is 1. The van der Waals surface area contributed by atoms with E-state index < -0.39 is 0 Å². The van der Waals surface area contributed by atoms with Crippen molar-refractivity contribution in [2.75, 3.05) is 14.2 Å².